The third-order valence-corrected chi connectivity index (χ3v) is 9.19. The Labute approximate surface area is 263 Å². The lowest BCUT2D eigenvalue weighted by atomic mass is 9.77. The van der Waals surface area contributed by atoms with Crippen molar-refractivity contribution in [3.63, 3.8) is 0 Å². The van der Waals surface area contributed by atoms with E-state index in [1.165, 1.54) is 36.4 Å². The molecule has 0 fully saturated rings. The van der Waals surface area contributed by atoms with E-state index in [-0.39, 0.29) is 60.3 Å². The van der Waals surface area contributed by atoms with Crippen molar-refractivity contribution in [1.82, 2.24) is 0 Å². The Morgan fingerprint density at radius 3 is 0.881 bits per heavy atom. The molecule has 0 spiro atoms. The van der Waals surface area contributed by atoms with E-state index in [0.717, 1.165) is 0 Å². The molecule has 0 aliphatic rings. The second kappa shape index (κ2) is 9.21. The van der Waals surface area contributed by atoms with Crippen LogP contribution in [0.25, 0.3) is 64.6 Å². The molecule has 1 unspecified atom stereocenters. The van der Waals surface area contributed by atoms with Gasteiger partial charge in [0.25, 0.3) is 26.2 Å². The summed E-state index contributed by atoms with van der Waals surface area (Å²) in [5, 5.41) is 10.2. The normalized spacial score (nSPS) is 13.0. The smallest absolute Gasteiger partial charge is 0.253 e. The first-order valence-corrected chi connectivity index (χ1v) is 14.3. The molecule has 12 heteroatoms. The number of hydrogen-bond donors (Lipinski definition) is 1. The molecular formula is C30H8Cl6O6. The molecule has 1 N–H and O–H groups in total. The number of alkyl halides is 1. The van der Waals surface area contributed by atoms with E-state index in [4.69, 9.17) is 69.6 Å². The van der Waals surface area contributed by atoms with Crippen LogP contribution in [-0.4, -0.2) is 31.3 Å². The van der Waals surface area contributed by atoms with Crippen LogP contribution in [0.2, 0.25) is 0 Å². The van der Waals surface area contributed by atoms with Gasteiger partial charge in [0.15, 0.2) is 5.56 Å². The maximum Gasteiger partial charge on any atom is 0.253 e. The molecule has 7 rings (SSSR count). The van der Waals surface area contributed by atoms with Crippen molar-refractivity contribution in [2.45, 2.75) is 5.56 Å². The molecule has 0 bridgehead atoms. The molecule has 0 amide bonds. The van der Waals surface area contributed by atoms with Crippen LogP contribution < -0.4 is 0 Å². The highest BCUT2D eigenvalue weighted by Crippen LogP contribution is 2.53. The molecule has 1 atom stereocenters. The summed E-state index contributed by atoms with van der Waals surface area (Å²) in [6.07, 6.45) is 0. The topological polar surface area (TPSA) is 106 Å². The molecule has 0 saturated heterocycles. The van der Waals surface area contributed by atoms with Gasteiger partial charge in [-0.25, -0.2) is 0 Å². The number of aliphatic hydroxyl groups is 1. The van der Waals surface area contributed by atoms with Crippen molar-refractivity contribution < 1.29 is 29.1 Å². The molecule has 0 aliphatic carbocycles. The zero-order chi connectivity index (χ0) is 30.1. The highest BCUT2D eigenvalue weighted by molar-refractivity contribution is 6.73. The van der Waals surface area contributed by atoms with Crippen molar-refractivity contribution in [2.75, 3.05) is 0 Å². The lowest BCUT2D eigenvalue weighted by Crippen LogP contribution is -2.07. The molecular weight excluding hydrogens is 669 g/mol. The summed E-state index contributed by atoms with van der Waals surface area (Å²) in [5.74, 6) is 0. The van der Waals surface area contributed by atoms with E-state index in [0.29, 0.717) is 37.7 Å². The van der Waals surface area contributed by atoms with Crippen LogP contribution in [-0.2, 0) is 0 Å². The fourth-order valence-corrected chi connectivity index (χ4v) is 7.40. The first-order chi connectivity index (χ1) is 19.8. The second-order valence-electron chi connectivity index (χ2n) is 9.83. The Balaban J connectivity index is 2.02. The predicted molar refractivity (Wildman–Crippen MR) is 167 cm³/mol. The fourth-order valence-electron chi connectivity index (χ4n) is 6.44. The summed E-state index contributed by atoms with van der Waals surface area (Å²) in [6, 6.07) is 8.45. The maximum absolute atomic E-state index is 12.8. The highest BCUT2D eigenvalue weighted by atomic mass is 35.5. The largest absolute Gasteiger partial charge is 0.373 e. The first-order valence-electron chi connectivity index (χ1n) is 11.9. The van der Waals surface area contributed by atoms with Gasteiger partial charge in [-0.2, -0.15) is 0 Å². The van der Waals surface area contributed by atoms with Gasteiger partial charge >= 0.3 is 0 Å². The Morgan fingerprint density at radius 2 is 0.643 bits per heavy atom. The van der Waals surface area contributed by atoms with Crippen LogP contribution in [0.5, 0.6) is 0 Å². The molecule has 0 heterocycles. The summed E-state index contributed by atoms with van der Waals surface area (Å²) in [7, 11) is 0. The Hall–Kier alpha value is -3.07. The monoisotopic (exact) mass is 674 g/mol. The number of hydrogen-bond acceptors (Lipinski definition) is 6. The Kier molecular flexibility index (Phi) is 6.09. The summed E-state index contributed by atoms with van der Waals surface area (Å²) < 4.78 is 0. The molecule has 0 radical (unpaired) electrons. The van der Waals surface area contributed by atoms with Crippen LogP contribution in [0, 0.1) is 0 Å². The SMILES string of the molecule is O=C(Cl)c1cc2c(C(=O)Cl)cc3c(C(=O)Cl)cc4c(C(O)Cl)cc5c(C(=O)Cl)cc6c(C(=O)Cl)cc1c1c2c3c4c5c61. The van der Waals surface area contributed by atoms with Crippen molar-refractivity contribution in [3.05, 3.63) is 69.8 Å². The Bertz CT molecular complexity index is 2370. The molecule has 0 saturated carbocycles. The van der Waals surface area contributed by atoms with E-state index >= 15 is 0 Å². The van der Waals surface area contributed by atoms with Crippen LogP contribution in [0.3, 0.4) is 0 Å². The number of aliphatic hydroxyl groups excluding tert-OH is 1. The molecule has 0 aromatic heterocycles. The lowest BCUT2D eigenvalue weighted by molar-refractivity contribution is 0.107. The summed E-state index contributed by atoms with van der Waals surface area (Å²) >= 11 is 36.4. The number of rotatable bonds is 6. The van der Waals surface area contributed by atoms with Crippen LogP contribution in [0.1, 0.15) is 62.9 Å². The number of halogens is 6. The van der Waals surface area contributed by atoms with Gasteiger partial charge in [0.1, 0.15) is 0 Å². The highest BCUT2D eigenvalue weighted by Gasteiger charge is 2.31. The average molecular weight is 677 g/mol. The van der Waals surface area contributed by atoms with Gasteiger partial charge < -0.3 is 5.11 Å². The quantitative estimate of drug-likeness (QED) is 0.0816. The van der Waals surface area contributed by atoms with Gasteiger partial charge in [-0.1, -0.05) is 11.6 Å². The van der Waals surface area contributed by atoms with Crippen LogP contribution >= 0.6 is 69.6 Å². The zero-order valence-electron chi connectivity index (χ0n) is 20.3. The second-order valence-corrected chi connectivity index (χ2v) is 12.0. The van der Waals surface area contributed by atoms with Gasteiger partial charge in [0.2, 0.25) is 0 Å². The number of carbonyl (C=O) groups is 5. The summed E-state index contributed by atoms with van der Waals surface area (Å²) in [5.41, 5.74) is -1.59. The summed E-state index contributed by atoms with van der Waals surface area (Å²) in [4.78, 5) is 63.9. The van der Waals surface area contributed by atoms with E-state index in [1.807, 2.05) is 0 Å². The van der Waals surface area contributed by atoms with Crippen molar-refractivity contribution >= 4 is 160 Å². The van der Waals surface area contributed by atoms with E-state index in [2.05, 4.69) is 0 Å². The van der Waals surface area contributed by atoms with Gasteiger partial charge in [-0.3, -0.25) is 24.0 Å². The van der Waals surface area contributed by atoms with Gasteiger partial charge in [-0.15, -0.1) is 0 Å². The van der Waals surface area contributed by atoms with Crippen LogP contribution in [0.15, 0.2) is 36.4 Å². The zero-order valence-corrected chi connectivity index (χ0v) is 24.8. The molecule has 7 aromatic rings. The van der Waals surface area contributed by atoms with E-state index in [1.54, 1.807) is 0 Å². The van der Waals surface area contributed by atoms with Crippen molar-refractivity contribution in [3.8, 4) is 0 Å². The van der Waals surface area contributed by atoms with Crippen molar-refractivity contribution in [1.29, 1.82) is 0 Å². The van der Waals surface area contributed by atoms with E-state index < -0.39 is 31.8 Å². The number of carbonyl (C=O) groups excluding carboxylic acids is 5. The van der Waals surface area contributed by atoms with Gasteiger partial charge in [-0.05, 0) is 159 Å². The van der Waals surface area contributed by atoms with Gasteiger partial charge in [0.05, 0.1) is 0 Å². The van der Waals surface area contributed by atoms with E-state index in [9.17, 15) is 29.1 Å². The molecule has 42 heavy (non-hydrogen) atoms. The van der Waals surface area contributed by atoms with Gasteiger partial charge in [0, 0.05) is 33.4 Å². The molecule has 206 valence electrons. The first kappa shape index (κ1) is 27.7. The van der Waals surface area contributed by atoms with Crippen molar-refractivity contribution in [2.24, 2.45) is 0 Å². The standard InChI is InChI=1S/C30H8Cl6O6/c31-25(37)13-1-7-14(26(32)38)3-9-16(28(34)40)5-11-17(29(35)41)6-12-18(30(36)42)4-10-15(27(33)39)2-8(13)20-19(7)21(9)23(11)24(12)22(10)20/h1-6,25,37H. The fraction of sp³-hybridized carbons (Fsp3) is 0.0333. The molecule has 0 aliphatic heterocycles. The predicted octanol–water partition coefficient (Wildman–Crippen LogP) is 9.04. The number of benzene rings is 7. The van der Waals surface area contributed by atoms with Crippen LogP contribution in [0.4, 0.5) is 0 Å². The summed E-state index contributed by atoms with van der Waals surface area (Å²) in [6.45, 7) is 0. The Morgan fingerprint density at radius 1 is 0.429 bits per heavy atom. The average Bonchev–Trinajstić information content (AvgIpc) is 2.92. The minimum absolute atomic E-state index is 0.0133. The molecule has 7 aromatic carbocycles. The molecule has 6 nitrogen and oxygen atoms in total. The maximum atomic E-state index is 12.8. The third-order valence-electron chi connectivity index (χ3n) is 7.94. The third kappa shape index (κ3) is 3.49. The minimum atomic E-state index is -1.59. The minimum Gasteiger partial charge on any atom is -0.373 e. The lowest BCUT2D eigenvalue weighted by Gasteiger charge is -2.26.